The Morgan fingerprint density at radius 3 is 2.24 bits per heavy atom. The molecule has 1 heterocycles. The van der Waals surface area contributed by atoms with Gasteiger partial charge in [-0.05, 0) is 66.5 Å². The molecule has 1 saturated heterocycles. The first kappa shape index (κ1) is 26.3. The van der Waals surface area contributed by atoms with Crippen LogP contribution in [0.1, 0.15) is 70.8 Å². The van der Waals surface area contributed by atoms with Crippen LogP contribution in [-0.2, 0) is 9.53 Å². The number of nitrogens with zero attached hydrogens (tertiary/aromatic N) is 1. The molecule has 2 aromatic carbocycles. The highest BCUT2D eigenvalue weighted by molar-refractivity contribution is 5.88. The lowest BCUT2D eigenvalue weighted by Crippen LogP contribution is -2.60. The maximum absolute atomic E-state index is 14.2. The number of hydrogen-bond acceptors (Lipinski definition) is 4. The number of carbonyl (C=O) groups excluding carboxylic acids is 2. The molecule has 2 saturated carbocycles. The molecule has 5 rings (SSSR count). The summed E-state index contributed by atoms with van der Waals surface area (Å²) < 4.78 is 5.64. The summed E-state index contributed by atoms with van der Waals surface area (Å²) in [6, 6.07) is 17.6. The summed E-state index contributed by atoms with van der Waals surface area (Å²) in [6.07, 6.45) is 4.88. The van der Waals surface area contributed by atoms with E-state index in [4.69, 9.17) is 4.74 Å². The predicted octanol–water partition coefficient (Wildman–Crippen LogP) is 6.58. The van der Waals surface area contributed by atoms with Crippen molar-refractivity contribution in [1.82, 2.24) is 10.2 Å². The van der Waals surface area contributed by atoms with Gasteiger partial charge in [0.25, 0.3) is 0 Å². The number of ether oxygens (including phenoxy) is 1. The van der Waals surface area contributed by atoms with Gasteiger partial charge in [-0.15, -0.1) is 0 Å². The Labute approximate surface area is 226 Å². The molecule has 38 heavy (non-hydrogen) atoms. The predicted molar refractivity (Wildman–Crippen MR) is 149 cm³/mol. The van der Waals surface area contributed by atoms with E-state index in [9.17, 15) is 14.7 Å². The van der Waals surface area contributed by atoms with E-state index in [0.29, 0.717) is 6.42 Å². The maximum atomic E-state index is 14.2. The fourth-order valence-electron chi connectivity index (χ4n) is 6.59. The average molecular weight is 517 g/mol. The molecule has 0 radical (unpaired) electrons. The molecule has 3 aliphatic rings. The molecule has 1 aliphatic heterocycles. The Morgan fingerprint density at radius 1 is 1.00 bits per heavy atom. The molecule has 2 aromatic rings. The summed E-state index contributed by atoms with van der Waals surface area (Å²) in [6.45, 7) is 9.65. The molecule has 0 bridgehead atoms. The van der Waals surface area contributed by atoms with Crippen molar-refractivity contribution in [2.45, 2.75) is 89.4 Å². The number of carbonyl (C=O) groups is 2. The van der Waals surface area contributed by atoms with E-state index in [0.717, 1.165) is 37.7 Å². The standard InChI is InChI=1S/C32H40N2O4/c1-20(35)27-19-24-18-26(23-16-14-22(15-17-23)21-10-6-5-7-11-21)28(24)34(27)30(36)29(32(2,3)4)33-31(37)38-25-12-8-9-13-25/h5-7,10-11,14-17,24-29,35H,1,8-9,12-13,18-19H2,2-4H3,(H,33,37)/t24-,26?,27-,28?,29+/m0/s1. The summed E-state index contributed by atoms with van der Waals surface area (Å²) in [5.41, 5.74) is 2.98. The van der Waals surface area contributed by atoms with E-state index < -0.39 is 23.6 Å². The number of rotatable bonds is 6. The second kappa shape index (κ2) is 10.5. The zero-order chi connectivity index (χ0) is 27.0. The smallest absolute Gasteiger partial charge is 0.408 e. The largest absolute Gasteiger partial charge is 0.511 e. The lowest BCUT2D eigenvalue weighted by molar-refractivity contribution is -0.141. The number of nitrogens with one attached hydrogen (secondary N) is 1. The maximum Gasteiger partial charge on any atom is 0.408 e. The summed E-state index contributed by atoms with van der Waals surface area (Å²) >= 11 is 0. The highest BCUT2D eigenvalue weighted by Crippen LogP contribution is 2.54. The highest BCUT2D eigenvalue weighted by atomic mass is 16.6. The van der Waals surface area contributed by atoms with Crippen LogP contribution in [0.15, 0.2) is 66.9 Å². The summed E-state index contributed by atoms with van der Waals surface area (Å²) in [7, 11) is 0. The van der Waals surface area contributed by atoms with Gasteiger partial charge >= 0.3 is 6.09 Å². The van der Waals surface area contributed by atoms with Gasteiger partial charge < -0.3 is 20.1 Å². The second-order valence-electron chi connectivity index (χ2n) is 12.3. The number of aliphatic hydroxyl groups is 1. The van der Waals surface area contributed by atoms with Crippen LogP contribution in [0.3, 0.4) is 0 Å². The molecule has 6 heteroatoms. The molecule has 0 spiro atoms. The van der Waals surface area contributed by atoms with E-state index in [2.05, 4.69) is 48.3 Å². The average Bonchev–Trinajstić information content (AvgIpc) is 3.48. The van der Waals surface area contributed by atoms with Gasteiger partial charge in [0.2, 0.25) is 5.91 Å². The first-order chi connectivity index (χ1) is 18.1. The third-order valence-electron chi connectivity index (χ3n) is 8.67. The lowest BCUT2D eigenvalue weighted by atomic mass is 9.67. The first-order valence-corrected chi connectivity index (χ1v) is 14.0. The monoisotopic (exact) mass is 516 g/mol. The second-order valence-corrected chi connectivity index (χ2v) is 12.3. The van der Waals surface area contributed by atoms with Crippen LogP contribution >= 0.6 is 0 Å². The van der Waals surface area contributed by atoms with Crippen LogP contribution in [0.5, 0.6) is 0 Å². The third kappa shape index (κ3) is 5.18. The van der Waals surface area contributed by atoms with Crippen LogP contribution in [0.4, 0.5) is 4.79 Å². The van der Waals surface area contributed by atoms with Gasteiger partial charge in [-0.2, -0.15) is 0 Å². The lowest BCUT2D eigenvalue weighted by Gasteiger charge is -2.47. The minimum atomic E-state index is -0.779. The number of hydrogen-bond donors (Lipinski definition) is 2. The molecule has 5 atom stereocenters. The summed E-state index contributed by atoms with van der Waals surface area (Å²) in [5.74, 6) is 0.285. The van der Waals surface area contributed by atoms with Crippen LogP contribution < -0.4 is 5.32 Å². The van der Waals surface area contributed by atoms with Gasteiger partial charge in [-0.25, -0.2) is 4.79 Å². The normalized spacial score (nSPS) is 25.8. The summed E-state index contributed by atoms with van der Waals surface area (Å²) in [5, 5.41) is 13.4. The number of benzene rings is 2. The van der Waals surface area contributed by atoms with E-state index in [1.54, 1.807) is 0 Å². The van der Waals surface area contributed by atoms with Gasteiger partial charge in [0.1, 0.15) is 17.9 Å². The summed E-state index contributed by atoms with van der Waals surface area (Å²) in [4.78, 5) is 28.8. The van der Waals surface area contributed by atoms with Crippen LogP contribution in [0, 0.1) is 11.3 Å². The number of fused-ring (bicyclic) bond motifs is 1. The molecule has 2 amide bonds. The zero-order valence-electron chi connectivity index (χ0n) is 22.7. The van der Waals surface area contributed by atoms with Gasteiger partial charge in [0.15, 0.2) is 0 Å². The fraction of sp³-hybridized carbons (Fsp3) is 0.500. The Kier molecular flexibility index (Phi) is 7.26. The van der Waals surface area contributed by atoms with E-state index in [-0.39, 0.29) is 35.6 Å². The van der Waals surface area contributed by atoms with E-state index in [1.807, 2.05) is 43.9 Å². The van der Waals surface area contributed by atoms with Crippen molar-refractivity contribution in [1.29, 1.82) is 0 Å². The quantitative estimate of drug-likeness (QED) is 0.425. The van der Waals surface area contributed by atoms with Crippen molar-refractivity contribution < 1.29 is 19.4 Å². The topological polar surface area (TPSA) is 78.9 Å². The Bertz CT molecular complexity index is 1160. The molecule has 202 valence electrons. The molecule has 0 aromatic heterocycles. The number of aliphatic hydroxyl groups excluding tert-OH is 1. The third-order valence-corrected chi connectivity index (χ3v) is 8.67. The molecular formula is C32H40N2O4. The number of likely N-dealkylation sites (tertiary alicyclic amines) is 1. The van der Waals surface area contributed by atoms with Crippen molar-refractivity contribution in [3.05, 3.63) is 72.5 Å². The van der Waals surface area contributed by atoms with Crippen molar-refractivity contribution >= 4 is 12.0 Å². The van der Waals surface area contributed by atoms with Gasteiger partial charge in [-0.1, -0.05) is 81.9 Å². The molecule has 2 N–H and O–H groups in total. The van der Waals surface area contributed by atoms with Crippen LogP contribution in [0.25, 0.3) is 11.1 Å². The molecule has 6 nitrogen and oxygen atoms in total. The van der Waals surface area contributed by atoms with E-state index in [1.165, 1.54) is 11.1 Å². The highest BCUT2D eigenvalue weighted by Gasteiger charge is 2.57. The van der Waals surface area contributed by atoms with Gasteiger partial charge in [0.05, 0.1) is 6.04 Å². The number of amides is 2. The minimum Gasteiger partial charge on any atom is -0.511 e. The van der Waals surface area contributed by atoms with E-state index >= 15 is 0 Å². The van der Waals surface area contributed by atoms with Crippen molar-refractivity contribution in [2.75, 3.05) is 0 Å². The zero-order valence-corrected chi connectivity index (χ0v) is 22.7. The molecule has 2 unspecified atom stereocenters. The van der Waals surface area contributed by atoms with Gasteiger partial charge in [0, 0.05) is 12.0 Å². The fourth-order valence-corrected chi connectivity index (χ4v) is 6.59. The van der Waals surface area contributed by atoms with Crippen molar-refractivity contribution in [3.63, 3.8) is 0 Å². The SMILES string of the molecule is C=C(O)[C@@H]1C[C@@H]2CC(c3ccc(-c4ccccc4)cc3)C2N1C(=O)[C@@H](NC(=O)OC1CCCC1)C(C)(C)C. The first-order valence-electron chi connectivity index (χ1n) is 14.0. The Balaban J connectivity index is 1.37. The van der Waals surface area contributed by atoms with Crippen molar-refractivity contribution in [2.24, 2.45) is 11.3 Å². The number of alkyl carbamates (subject to hydrolysis) is 1. The van der Waals surface area contributed by atoms with Gasteiger partial charge in [-0.3, -0.25) is 4.79 Å². The molecular weight excluding hydrogens is 476 g/mol. The molecule has 2 aliphatic carbocycles. The van der Waals surface area contributed by atoms with Crippen LogP contribution in [-0.4, -0.2) is 46.2 Å². The Hall–Kier alpha value is -3.28. The Morgan fingerprint density at radius 2 is 1.63 bits per heavy atom. The van der Waals surface area contributed by atoms with Crippen molar-refractivity contribution in [3.8, 4) is 11.1 Å². The van der Waals surface area contributed by atoms with Crippen LogP contribution in [0.2, 0.25) is 0 Å². The minimum absolute atomic E-state index is 0.00659. The molecule has 3 fully saturated rings.